The maximum Gasteiger partial charge on any atom is 0.244 e. The highest BCUT2D eigenvalue weighted by atomic mass is 16.2. The average molecular weight is 290 g/mol. The minimum atomic E-state index is -0.176. The van der Waals surface area contributed by atoms with Gasteiger partial charge in [-0.15, -0.1) is 0 Å². The molecule has 3 nitrogen and oxygen atoms in total. The first kappa shape index (κ1) is 14.0. The van der Waals surface area contributed by atoms with Gasteiger partial charge in [-0.25, -0.2) is 0 Å². The highest BCUT2D eigenvalue weighted by Gasteiger charge is 2.55. The van der Waals surface area contributed by atoms with Crippen molar-refractivity contribution in [2.24, 2.45) is 11.8 Å². The lowest BCUT2D eigenvalue weighted by Gasteiger charge is -2.34. The summed E-state index contributed by atoms with van der Waals surface area (Å²) in [4.78, 5) is 15.5. The van der Waals surface area contributed by atoms with Crippen LogP contribution < -0.4 is 5.32 Å². The number of nitrogens with one attached hydrogen (secondary N) is 1. The van der Waals surface area contributed by atoms with Gasteiger partial charge in [-0.3, -0.25) is 10.1 Å². The van der Waals surface area contributed by atoms with E-state index < -0.39 is 0 Å². The normalized spacial score (nSPS) is 34.2. The molecule has 3 saturated carbocycles. The van der Waals surface area contributed by atoms with Crippen LogP contribution in [0.25, 0.3) is 0 Å². The first-order valence-corrected chi connectivity index (χ1v) is 9.30. The van der Waals surface area contributed by atoms with Gasteiger partial charge in [0, 0.05) is 6.04 Å². The Kier molecular flexibility index (Phi) is 3.52. The van der Waals surface area contributed by atoms with Gasteiger partial charge < -0.3 is 4.90 Å². The molecule has 2 unspecified atom stereocenters. The predicted molar refractivity (Wildman–Crippen MR) is 83.7 cm³/mol. The standard InChI is InChI=1S/C18H30N2O/c1-13(12-14-8-9-14)20-16(15-6-2-3-7-15)19-18(17(20)21)10-4-5-11-18/h13-16,19H,2-12H2,1H3. The molecule has 3 aliphatic carbocycles. The van der Waals surface area contributed by atoms with Crippen molar-refractivity contribution in [2.75, 3.05) is 0 Å². The molecular formula is C18H30N2O. The quantitative estimate of drug-likeness (QED) is 0.860. The van der Waals surface area contributed by atoms with E-state index in [-0.39, 0.29) is 5.54 Å². The first-order valence-electron chi connectivity index (χ1n) is 9.30. The SMILES string of the molecule is CC(CC1CC1)N1C(=O)C2(CCCC2)NC1C1CCCC1. The Balaban J connectivity index is 1.57. The van der Waals surface area contributed by atoms with Crippen molar-refractivity contribution < 1.29 is 4.79 Å². The molecule has 1 spiro atoms. The van der Waals surface area contributed by atoms with E-state index in [4.69, 9.17) is 0 Å². The molecule has 0 bridgehead atoms. The zero-order valence-corrected chi connectivity index (χ0v) is 13.4. The van der Waals surface area contributed by atoms with E-state index in [0.29, 0.717) is 24.0 Å². The molecule has 0 aromatic heterocycles. The summed E-state index contributed by atoms with van der Waals surface area (Å²) in [6.07, 6.45) is 14.3. The van der Waals surface area contributed by atoms with E-state index in [9.17, 15) is 4.79 Å². The van der Waals surface area contributed by atoms with Crippen molar-refractivity contribution in [1.29, 1.82) is 0 Å². The van der Waals surface area contributed by atoms with E-state index in [1.807, 2.05) is 0 Å². The Morgan fingerprint density at radius 3 is 2.43 bits per heavy atom. The molecule has 21 heavy (non-hydrogen) atoms. The van der Waals surface area contributed by atoms with Crippen LogP contribution in [0.1, 0.15) is 77.6 Å². The lowest BCUT2D eigenvalue weighted by atomic mass is 9.97. The molecule has 1 aliphatic heterocycles. The van der Waals surface area contributed by atoms with Gasteiger partial charge in [-0.05, 0) is 50.9 Å². The van der Waals surface area contributed by atoms with E-state index in [2.05, 4.69) is 17.1 Å². The number of rotatable bonds is 4. The maximum atomic E-state index is 13.2. The fourth-order valence-corrected chi connectivity index (χ4v) is 5.17. The third-order valence-electron chi connectivity index (χ3n) is 6.52. The zero-order valence-electron chi connectivity index (χ0n) is 13.4. The average Bonchev–Trinajstić information content (AvgIpc) is 2.94. The number of hydrogen-bond acceptors (Lipinski definition) is 2. The molecule has 1 N–H and O–H groups in total. The smallest absolute Gasteiger partial charge is 0.244 e. The number of amides is 1. The second-order valence-corrected chi connectivity index (χ2v) is 8.16. The topological polar surface area (TPSA) is 32.3 Å². The van der Waals surface area contributed by atoms with Crippen LogP contribution in [-0.4, -0.2) is 28.6 Å². The molecule has 1 saturated heterocycles. The molecule has 0 aromatic carbocycles. The summed E-state index contributed by atoms with van der Waals surface area (Å²) < 4.78 is 0. The number of nitrogens with zero attached hydrogens (tertiary/aromatic N) is 1. The van der Waals surface area contributed by atoms with Crippen LogP contribution in [0, 0.1) is 11.8 Å². The lowest BCUT2D eigenvalue weighted by molar-refractivity contribution is -0.135. The number of hydrogen-bond donors (Lipinski definition) is 1. The van der Waals surface area contributed by atoms with Crippen molar-refractivity contribution in [3.63, 3.8) is 0 Å². The second-order valence-electron chi connectivity index (χ2n) is 8.16. The molecule has 118 valence electrons. The van der Waals surface area contributed by atoms with Gasteiger partial charge in [0.05, 0.1) is 11.7 Å². The molecule has 4 aliphatic rings. The summed E-state index contributed by atoms with van der Waals surface area (Å²) in [6.45, 7) is 2.30. The summed E-state index contributed by atoms with van der Waals surface area (Å²) in [6, 6.07) is 0.433. The van der Waals surface area contributed by atoms with Gasteiger partial charge in [0.1, 0.15) is 0 Å². The highest BCUT2D eigenvalue weighted by molar-refractivity contribution is 5.89. The van der Waals surface area contributed by atoms with Crippen LogP contribution in [0.15, 0.2) is 0 Å². The second kappa shape index (κ2) is 5.26. The summed E-state index contributed by atoms with van der Waals surface area (Å²) in [5.74, 6) is 2.05. The van der Waals surface area contributed by atoms with Crippen molar-refractivity contribution >= 4 is 5.91 Å². The molecule has 0 radical (unpaired) electrons. The van der Waals surface area contributed by atoms with Crippen LogP contribution in [-0.2, 0) is 4.79 Å². The minimum Gasteiger partial charge on any atom is -0.323 e. The number of carbonyl (C=O) groups is 1. The van der Waals surface area contributed by atoms with Gasteiger partial charge in [0.15, 0.2) is 0 Å². The summed E-state index contributed by atoms with van der Waals surface area (Å²) >= 11 is 0. The first-order chi connectivity index (χ1) is 10.2. The van der Waals surface area contributed by atoms with Crippen LogP contribution in [0.4, 0.5) is 0 Å². The Hall–Kier alpha value is -0.570. The van der Waals surface area contributed by atoms with Crippen LogP contribution in [0.5, 0.6) is 0 Å². The summed E-state index contributed by atoms with van der Waals surface area (Å²) in [5.41, 5.74) is -0.176. The van der Waals surface area contributed by atoms with Gasteiger partial charge in [-0.2, -0.15) is 0 Å². The molecule has 1 amide bonds. The summed E-state index contributed by atoms with van der Waals surface area (Å²) in [5, 5.41) is 3.86. The van der Waals surface area contributed by atoms with Crippen molar-refractivity contribution in [1.82, 2.24) is 10.2 Å². The molecule has 1 heterocycles. The Bertz CT molecular complexity index is 405. The fourth-order valence-electron chi connectivity index (χ4n) is 5.17. The Morgan fingerprint density at radius 2 is 1.81 bits per heavy atom. The summed E-state index contributed by atoms with van der Waals surface area (Å²) in [7, 11) is 0. The molecule has 2 atom stereocenters. The van der Waals surface area contributed by atoms with Gasteiger partial charge >= 0.3 is 0 Å². The Morgan fingerprint density at radius 1 is 1.14 bits per heavy atom. The van der Waals surface area contributed by atoms with Gasteiger partial charge in [0.2, 0.25) is 5.91 Å². The van der Waals surface area contributed by atoms with Crippen LogP contribution in [0.3, 0.4) is 0 Å². The lowest BCUT2D eigenvalue weighted by Crippen LogP contribution is -2.47. The fraction of sp³-hybridized carbons (Fsp3) is 0.944. The predicted octanol–water partition coefficient (Wildman–Crippen LogP) is 3.44. The molecular weight excluding hydrogens is 260 g/mol. The van der Waals surface area contributed by atoms with E-state index in [1.165, 1.54) is 57.8 Å². The zero-order chi connectivity index (χ0) is 14.4. The van der Waals surface area contributed by atoms with Crippen molar-refractivity contribution in [3.8, 4) is 0 Å². The van der Waals surface area contributed by atoms with Crippen LogP contribution in [0.2, 0.25) is 0 Å². The number of carbonyl (C=O) groups excluding carboxylic acids is 1. The van der Waals surface area contributed by atoms with Gasteiger partial charge in [-0.1, -0.05) is 38.5 Å². The van der Waals surface area contributed by atoms with Crippen molar-refractivity contribution in [2.45, 2.75) is 95.3 Å². The highest BCUT2D eigenvalue weighted by Crippen LogP contribution is 2.43. The van der Waals surface area contributed by atoms with Gasteiger partial charge in [0.25, 0.3) is 0 Å². The molecule has 4 fully saturated rings. The Labute approximate surface area is 128 Å². The monoisotopic (exact) mass is 290 g/mol. The third kappa shape index (κ3) is 2.42. The van der Waals surface area contributed by atoms with Crippen LogP contribution >= 0.6 is 0 Å². The minimum absolute atomic E-state index is 0.176. The van der Waals surface area contributed by atoms with E-state index in [1.54, 1.807) is 0 Å². The van der Waals surface area contributed by atoms with Crippen molar-refractivity contribution in [3.05, 3.63) is 0 Å². The van der Waals surface area contributed by atoms with E-state index in [0.717, 1.165) is 18.8 Å². The molecule has 3 heteroatoms. The molecule has 0 aromatic rings. The third-order valence-corrected chi connectivity index (χ3v) is 6.52. The largest absolute Gasteiger partial charge is 0.323 e. The maximum absolute atomic E-state index is 13.2. The van der Waals surface area contributed by atoms with E-state index >= 15 is 0 Å². The molecule has 4 rings (SSSR count).